The van der Waals surface area contributed by atoms with Crippen LogP contribution >= 0.6 is 0 Å². The van der Waals surface area contributed by atoms with Gasteiger partial charge in [0.1, 0.15) is 11.6 Å². The Morgan fingerprint density at radius 2 is 1.85 bits per heavy atom. The van der Waals surface area contributed by atoms with Crippen molar-refractivity contribution in [3.8, 4) is 0 Å². The third kappa shape index (κ3) is 5.40. The highest BCUT2D eigenvalue weighted by Crippen LogP contribution is 2.31. The molecule has 2 saturated heterocycles. The van der Waals surface area contributed by atoms with Crippen LogP contribution in [0.5, 0.6) is 0 Å². The molecule has 4 aromatic rings. The molecule has 2 aromatic heterocycles. The predicted octanol–water partition coefficient (Wildman–Crippen LogP) is 2.58. The number of nitrogens with zero attached hydrogens (tertiary/aromatic N) is 5. The summed E-state index contributed by atoms with van der Waals surface area (Å²) in [4.78, 5) is 33.3. The second-order valence-electron chi connectivity index (χ2n) is 10.7. The zero-order valence-corrected chi connectivity index (χ0v) is 22.0. The normalized spacial score (nSPS) is 22.8. The predicted molar refractivity (Wildman–Crippen MR) is 147 cm³/mol. The Labute approximate surface area is 227 Å². The van der Waals surface area contributed by atoms with Gasteiger partial charge >= 0.3 is 0 Å². The maximum Gasteiger partial charge on any atom is 0.243 e. The number of nitrogens with one attached hydrogen (secondary N) is 2. The van der Waals surface area contributed by atoms with Crippen LogP contribution in [0.2, 0.25) is 0 Å². The molecule has 0 bridgehead atoms. The Hall–Kier alpha value is -4.11. The number of hydrogen-bond acceptors (Lipinski definition) is 6. The summed E-state index contributed by atoms with van der Waals surface area (Å²) in [7, 11) is 1.85. The fourth-order valence-electron chi connectivity index (χ4n) is 6.02. The van der Waals surface area contributed by atoms with Gasteiger partial charge in [0, 0.05) is 39.1 Å². The molecule has 2 aromatic carbocycles. The lowest BCUT2D eigenvalue weighted by atomic mass is 9.96. The van der Waals surface area contributed by atoms with E-state index in [9.17, 15) is 9.59 Å². The van der Waals surface area contributed by atoms with Crippen molar-refractivity contribution >= 4 is 22.8 Å². The summed E-state index contributed by atoms with van der Waals surface area (Å²) in [5, 5.41) is 14.8. The molecule has 0 saturated carbocycles. The maximum absolute atomic E-state index is 13.8. The van der Waals surface area contributed by atoms with Gasteiger partial charge in [0.25, 0.3) is 0 Å². The number of likely N-dealkylation sites (tertiary alicyclic amines) is 1. The fourth-order valence-corrected chi connectivity index (χ4v) is 6.02. The largest absolute Gasteiger partial charge is 0.350 e. The number of benzene rings is 2. The number of amides is 2. The zero-order chi connectivity index (χ0) is 26.8. The number of hydrogen-bond donors (Lipinski definition) is 2. The molecular formula is C30H33N7O2. The van der Waals surface area contributed by atoms with Crippen molar-refractivity contribution in [2.45, 2.75) is 43.8 Å². The standard InChI is InChI=1S/C30H33N7O2/c1-36-27-8-7-21(14-25(27)34-35-36)17-33-29(38)28-15-22(13-20-9-11-31-12-10-20)19-37(28)30(39)26-16-24(18-32-26)23-5-3-2-4-6-23/h2-12,14,22,24,26,28,32H,13,15-19H2,1H3,(H,33,38). The van der Waals surface area contributed by atoms with Gasteiger partial charge in [-0.15, -0.1) is 5.10 Å². The minimum Gasteiger partial charge on any atom is -0.350 e. The maximum atomic E-state index is 13.8. The third-order valence-electron chi connectivity index (χ3n) is 8.09. The van der Waals surface area contributed by atoms with E-state index in [1.54, 1.807) is 17.1 Å². The quantitative estimate of drug-likeness (QED) is 0.386. The molecule has 2 fully saturated rings. The van der Waals surface area contributed by atoms with E-state index in [-0.39, 0.29) is 23.8 Å². The molecule has 0 spiro atoms. The van der Waals surface area contributed by atoms with Crippen molar-refractivity contribution in [2.24, 2.45) is 13.0 Å². The highest BCUT2D eigenvalue weighted by molar-refractivity contribution is 5.90. The molecule has 4 atom stereocenters. The number of fused-ring (bicyclic) bond motifs is 1. The number of pyridine rings is 1. The average molecular weight is 524 g/mol. The van der Waals surface area contributed by atoms with Gasteiger partial charge in [-0.05, 0) is 72.1 Å². The number of aromatic nitrogens is 4. The molecule has 2 aliphatic rings. The summed E-state index contributed by atoms with van der Waals surface area (Å²) in [6.45, 7) is 1.70. The van der Waals surface area contributed by atoms with E-state index in [0.717, 1.165) is 36.0 Å². The molecule has 4 unspecified atom stereocenters. The molecule has 2 aliphatic heterocycles. The van der Waals surface area contributed by atoms with Crippen molar-refractivity contribution in [1.29, 1.82) is 0 Å². The van der Waals surface area contributed by atoms with E-state index < -0.39 is 6.04 Å². The first-order valence-corrected chi connectivity index (χ1v) is 13.6. The fraction of sp³-hybridized carbons (Fsp3) is 0.367. The van der Waals surface area contributed by atoms with E-state index in [1.807, 2.05) is 60.5 Å². The van der Waals surface area contributed by atoms with E-state index in [1.165, 1.54) is 11.1 Å². The first-order valence-electron chi connectivity index (χ1n) is 13.6. The van der Waals surface area contributed by atoms with Gasteiger partial charge in [-0.1, -0.05) is 41.6 Å². The Bertz CT molecular complexity index is 1460. The Balaban J connectivity index is 1.16. The van der Waals surface area contributed by atoms with E-state index in [0.29, 0.717) is 25.4 Å². The van der Waals surface area contributed by atoms with Crippen molar-refractivity contribution in [3.63, 3.8) is 0 Å². The molecule has 0 aliphatic carbocycles. The first-order chi connectivity index (χ1) is 19.0. The van der Waals surface area contributed by atoms with Gasteiger partial charge in [0.2, 0.25) is 11.8 Å². The molecule has 2 amide bonds. The molecule has 9 nitrogen and oxygen atoms in total. The molecule has 39 heavy (non-hydrogen) atoms. The summed E-state index contributed by atoms with van der Waals surface area (Å²) in [5.41, 5.74) is 5.09. The van der Waals surface area contributed by atoms with Crippen molar-refractivity contribution in [1.82, 2.24) is 35.5 Å². The van der Waals surface area contributed by atoms with Crippen LogP contribution in [-0.4, -0.2) is 61.9 Å². The second-order valence-corrected chi connectivity index (χ2v) is 10.7. The van der Waals surface area contributed by atoms with Gasteiger partial charge in [-0.2, -0.15) is 0 Å². The Kier molecular flexibility index (Phi) is 7.06. The summed E-state index contributed by atoms with van der Waals surface area (Å²) < 4.78 is 1.72. The third-order valence-corrected chi connectivity index (χ3v) is 8.09. The van der Waals surface area contributed by atoms with Gasteiger partial charge < -0.3 is 15.5 Å². The minimum absolute atomic E-state index is 0.0202. The zero-order valence-electron chi connectivity index (χ0n) is 22.0. The SMILES string of the molecule is Cn1nnc2cc(CNC(=O)C3CC(Cc4ccncc4)CN3C(=O)C3CC(c4ccccc4)CN3)ccc21. The Morgan fingerprint density at radius 3 is 2.67 bits per heavy atom. The summed E-state index contributed by atoms with van der Waals surface area (Å²) in [5.74, 6) is 0.400. The van der Waals surface area contributed by atoms with Crippen LogP contribution < -0.4 is 10.6 Å². The lowest BCUT2D eigenvalue weighted by Gasteiger charge is -2.27. The van der Waals surface area contributed by atoms with Gasteiger partial charge in [-0.25, -0.2) is 4.68 Å². The van der Waals surface area contributed by atoms with Gasteiger partial charge in [-0.3, -0.25) is 14.6 Å². The lowest BCUT2D eigenvalue weighted by molar-refractivity contribution is -0.139. The molecule has 200 valence electrons. The smallest absolute Gasteiger partial charge is 0.243 e. The van der Waals surface area contributed by atoms with Gasteiger partial charge in [0.15, 0.2) is 0 Å². The molecule has 6 rings (SSSR count). The molecule has 4 heterocycles. The molecule has 0 radical (unpaired) electrons. The summed E-state index contributed by atoms with van der Waals surface area (Å²) in [6, 6.07) is 19.4. The summed E-state index contributed by atoms with van der Waals surface area (Å²) >= 11 is 0. The summed E-state index contributed by atoms with van der Waals surface area (Å²) in [6.07, 6.45) is 5.76. The van der Waals surface area contributed by atoms with Crippen molar-refractivity contribution in [2.75, 3.05) is 13.1 Å². The molecular weight excluding hydrogens is 490 g/mol. The van der Waals surface area contributed by atoms with Crippen LogP contribution in [0.25, 0.3) is 11.0 Å². The number of aryl methyl sites for hydroxylation is 1. The highest BCUT2D eigenvalue weighted by atomic mass is 16.2. The van der Waals surface area contributed by atoms with Crippen LogP contribution in [0, 0.1) is 5.92 Å². The minimum atomic E-state index is -0.498. The topological polar surface area (TPSA) is 105 Å². The monoisotopic (exact) mass is 523 g/mol. The second kappa shape index (κ2) is 10.9. The lowest BCUT2D eigenvalue weighted by Crippen LogP contribution is -2.51. The Morgan fingerprint density at radius 1 is 1.03 bits per heavy atom. The number of carbonyl (C=O) groups is 2. The van der Waals surface area contributed by atoms with Crippen LogP contribution in [0.4, 0.5) is 0 Å². The highest BCUT2D eigenvalue weighted by Gasteiger charge is 2.43. The van der Waals surface area contributed by atoms with E-state index >= 15 is 0 Å². The number of rotatable bonds is 7. The molecule has 9 heteroatoms. The van der Waals surface area contributed by atoms with Crippen LogP contribution in [0.1, 0.15) is 35.4 Å². The van der Waals surface area contributed by atoms with E-state index in [2.05, 4.69) is 38.1 Å². The number of carbonyl (C=O) groups excluding carboxylic acids is 2. The van der Waals surface area contributed by atoms with Crippen LogP contribution in [0.3, 0.4) is 0 Å². The average Bonchev–Trinajstić information content (AvgIpc) is 3.72. The van der Waals surface area contributed by atoms with Crippen LogP contribution in [0.15, 0.2) is 73.1 Å². The van der Waals surface area contributed by atoms with Crippen molar-refractivity contribution in [3.05, 3.63) is 89.7 Å². The first kappa shape index (κ1) is 25.2. The molecule has 2 N–H and O–H groups in total. The van der Waals surface area contributed by atoms with Crippen LogP contribution in [-0.2, 0) is 29.6 Å². The van der Waals surface area contributed by atoms with Gasteiger partial charge in [0.05, 0.1) is 11.6 Å². The van der Waals surface area contributed by atoms with E-state index in [4.69, 9.17) is 0 Å². The van der Waals surface area contributed by atoms with Crippen molar-refractivity contribution < 1.29 is 9.59 Å².